The Balaban J connectivity index is 1.62. The summed E-state index contributed by atoms with van der Waals surface area (Å²) in [7, 11) is 0. The summed E-state index contributed by atoms with van der Waals surface area (Å²) in [5.41, 5.74) is 5.19. The number of likely N-dealkylation sites (tertiary alicyclic amines) is 1. The van der Waals surface area contributed by atoms with Crippen molar-refractivity contribution in [1.29, 1.82) is 0 Å². The van der Waals surface area contributed by atoms with Crippen LogP contribution < -0.4 is 21.7 Å². The third kappa shape index (κ3) is 8.67. The van der Waals surface area contributed by atoms with Crippen molar-refractivity contribution in [3.05, 3.63) is 24.9 Å². The number of carbonyl (C=O) groups excluding carboxylic acids is 6. The monoisotopic (exact) mass is 680 g/mol. The number of aliphatic imine (C=N–C) groups is 1. The molecule has 5 N–H and O–H groups in total. The highest BCUT2D eigenvalue weighted by atomic mass is 16.2. The van der Waals surface area contributed by atoms with Crippen LogP contribution in [0.15, 0.2) is 29.9 Å². The van der Waals surface area contributed by atoms with Crippen molar-refractivity contribution in [3.63, 3.8) is 0 Å². The van der Waals surface area contributed by atoms with Gasteiger partial charge in [0.05, 0.1) is 6.04 Å². The third-order valence-corrected chi connectivity index (χ3v) is 11.4. The number of hydrogen-bond acceptors (Lipinski definition) is 7. The molecule has 12 heteroatoms. The maximum absolute atomic E-state index is 14.7. The van der Waals surface area contributed by atoms with Crippen LogP contribution in [0.4, 0.5) is 0 Å². The van der Waals surface area contributed by atoms with Gasteiger partial charge in [-0.1, -0.05) is 78.4 Å². The van der Waals surface area contributed by atoms with Gasteiger partial charge in [0.25, 0.3) is 11.8 Å². The minimum Gasteiger partial charge on any atom is -0.363 e. The SMILES string of the molecule is C=C/C(=N\C=C/C)C(=O)N[C@H](C(=O)N[C@H](C(=O)N1C[C@H]2[C@@H]([C@H]1C(=O)NC(CCC)C(=O)C(N)=O)C2(C)C)C1CCCCC1)C1CCCCC1. The largest absolute Gasteiger partial charge is 0.363 e. The fraction of sp³-hybridized carbons (Fsp3) is 0.703. The molecule has 4 fully saturated rings. The molecule has 6 atom stereocenters. The first kappa shape index (κ1) is 38.0. The average Bonchev–Trinajstić information content (AvgIpc) is 3.40. The molecule has 1 heterocycles. The standard InChI is InChI=1S/C37H56N6O6/c1-6-15-26(31(44)32(38)45)40-35(48)30-27-24(37(27,4)5)21-43(30)36(49)29(23-18-13-10-14-19-23)42-34(47)28(22-16-11-9-12-17-22)41-33(46)25(8-3)39-20-7-2/h7-8,20,22-24,26-30H,3,6,9-19,21H2,1-2,4-5H3,(H2,38,45)(H,40,48)(H,41,46)(H,42,47)/b20-7-,39-25+/t24-,26?,27-,28-,29-,30-/m0/s1. The summed E-state index contributed by atoms with van der Waals surface area (Å²) in [5.74, 6) is -4.01. The fourth-order valence-electron chi connectivity index (χ4n) is 8.51. The zero-order valence-corrected chi connectivity index (χ0v) is 29.7. The molecular weight excluding hydrogens is 624 g/mol. The molecule has 1 aliphatic heterocycles. The molecule has 5 amide bonds. The zero-order chi connectivity index (χ0) is 35.9. The highest BCUT2D eigenvalue weighted by molar-refractivity contribution is 6.43. The minimum absolute atomic E-state index is 0.0782. The van der Waals surface area contributed by atoms with Gasteiger partial charge in [-0.15, -0.1) is 0 Å². The highest BCUT2D eigenvalue weighted by Gasteiger charge is 2.69. The summed E-state index contributed by atoms with van der Waals surface area (Å²) >= 11 is 0. The third-order valence-electron chi connectivity index (χ3n) is 11.4. The van der Waals surface area contributed by atoms with Crippen molar-refractivity contribution in [2.45, 2.75) is 129 Å². The van der Waals surface area contributed by atoms with Gasteiger partial charge in [0.2, 0.25) is 23.5 Å². The van der Waals surface area contributed by atoms with Crippen molar-refractivity contribution in [2.75, 3.05) is 6.54 Å². The molecule has 0 aromatic heterocycles. The lowest BCUT2D eigenvalue weighted by Gasteiger charge is -2.38. The van der Waals surface area contributed by atoms with Gasteiger partial charge in [-0.05, 0) is 74.2 Å². The first-order chi connectivity index (χ1) is 23.4. The van der Waals surface area contributed by atoms with Crippen molar-refractivity contribution in [2.24, 2.45) is 39.8 Å². The van der Waals surface area contributed by atoms with Gasteiger partial charge in [-0.25, -0.2) is 0 Å². The molecule has 1 unspecified atom stereocenters. The first-order valence-corrected chi connectivity index (χ1v) is 18.2. The molecule has 3 aliphatic carbocycles. The predicted octanol–water partition coefficient (Wildman–Crippen LogP) is 3.10. The number of Topliss-reactive ketones (excluding diaryl/α,β-unsaturated/α-hetero) is 1. The average molecular weight is 681 g/mol. The first-order valence-electron chi connectivity index (χ1n) is 18.2. The fourth-order valence-corrected chi connectivity index (χ4v) is 8.51. The van der Waals surface area contributed by atoms with Crippen LogP contribution in [-0.2, 0) is 28.8 Å². The summed E-state index contributed by atoms with van der Waals surface area (Å²) in [5, 5.41) is 8.77. The van der Waals surface area contributed by atoms with E-state index in [0.717, 1.165) is 64.2 Å². The van der Waals surface area contributed by atoms with Crippen molar-refractivity contribution < 1.29 is 28.8 Å². The number of piperidine rings is 1. The molecule has 49 heavy (non-hydrogen) atoms. The van der Waals surface area contributed by atoms with E-state index in [1.807, 2.05) is 6.92 Å². The van der Waals surface area contributed by atoms with Crippen LogP contribution in [0, 0.1) is 29.1 Å². The van der Waals surface area contributed by atoms with Crippen LogP contribution in [0.3, 0.4) is 0 Å². The molecule has 0 aromatic carbocycles. The second-order valence-electron chi connectivity index (χ2n) is 14.9. The van der Waals surface area contributed by atoms with Crippen LogP contribution in [0.2, 0.25) is 0 Å². The van der Waals surface area contributed by atoms with E-state index in [1.165, 1.54) is 12.3 Å². The van der Waals surface area contributed by atoms with Gasteiger partial charge in [0.1, 0.15) is 23.8 Å². The molecule has 0 bridgehead atoms. The van der Waals surface area contributed by atoms with Gasteiger partial charge in [0.15, 0.2) is 0 Å². The van der Waals surface area contributed by atoms with E-state index in [1.54, 1.807) is 17.9 Å². The molecule has 12 nitrogen and oxygen atoms in total. The number of rotatable bonds is 15. The quantitative estimate of drug-likeness (QED) is 0.152. The lowest BCUT2D eigenvalue weighted by molar-refractivity contribution is -0.146. The number of allylic oxidation sites excluding steroid dienone is 1. The van der Waals surface area contributed by atoms with Crippen LogP contribution in [0.5, 0.6) is 0 Å². The zero-order valence-electron chi connectivity index (χ0n) is 29.7. The number of nitrogens with one attached hydrogen (secondary N) is 3. The van der Waals surface area contributed by atoms with E-state index < -0.39 is 53.6 Å². The lowest BCUT2D eigenvalue weighted by atomic mass is 9.81. The highest BCUT2D eigenvalue weighted by Crippen LogP contribution is 2.65. The van der Waals surface area contributed by atoms with E-state index in [4.69, 9.17) is 5.73 Å². The topological polar surface area (TPSA) is 180 Å². The molecule has 0 aromatic rings. The second kappa shape index (κ2) is 16.7. The van der Waals surface area contributed by atoms with Gasteiger partial charge in [-0.2, -0.15) is 0 Å². The number of nitrogens with zero attached hydrogens (tertiary/aromatic N) is 2. The van der Waals surface area contributed by atoms with Crippen LogP contribution in [0.1, 0.15) is 105 Å². The van der Waals surface area contributed by atoms with Crippen LogP contribution in [0.25, 0.3) is 0 Å². The molecule has 0 spiro atoms. The predicted molar refractivity (Wildman–Crippen MR) is 187 cm³/mol. The summed E-state index contributed by atoms with van der Waals surface area (Å²) in [6.07, 6.45) is 14.2. The molecule has 270 valence electrons. The number of hydrogen-bond donors (Lipinski definition) is 4. The van der Waals surface area contributed by atoms with E-state index in [9.17, 15) is 28.8 Å². The summed E-state index contributed by atoms with van der Waals surface area (Å²) in [4.78, 5) is 86.3. The van der Waals surface area contributed by atoms with Crippen molar-refractivity contribution >= 4 is 41.0 Å². The number of nitrogens with two attached hydrogens (primary N) is 1. The minimum atomic E-state index is -1.12. The summed E-state index contributed by atoms with van der Waals surface area (Å²) in [6, 6.07) is -3.69. The van der Waals surface area contributed by atoms with Gasteiger partial charge >= 0.3 is 0 Å². The molecule has 1 saturated heterocycles. The summed E-state index contributed by atoms with van der Waals surface area (Å²) < 4.78 is 0. The van der Waals surface area contributed by atoms with E-state index in [0.29, 0.717) is 13.0 Å². The number of amides is 5. The Kier molecular flexibility index (Phi) is 13.0. The van der Waals surface area contributed by atoms with Gasteiger partial charge in [-0.3, -0.25) is 33.8 Å². The Labute approximate surface area is 290 Å². The van der Waals surface area contributed by atoms with Crippen molar-refractivity contribution in [1.82, 2.24) is 20.9 Å². The van der Waals surface area contributed by atoms with Crippen molar-refractivity contribution in [3.8, 4) is 0 Å². The van der Waals surface area contributed by atoms with E-state index in [2.05, 4.69) is 41.4 Å². The maximum atomic E-state index is 14.7. The number of fused-ring (bicyclic) bond motifs is 1. The number of ketones is 1. The molecule has 4 aliphatic rings. The Morgan fingerprint density at radius 2 is 1.51 bits per heavy atom. The Morgan fingerprint density at radius 1 is 0.918 bits per heavy atom. The van der Waals surface area contributed by atoms with Crippen LogP contribution >= 0.6 is 0 Å². The summed E-state index contributed by atoms with van der Waals surface area (Å²) in [6.45, 7) is 11.8. The molecule has 4 rings (SSSR count). The normalized spacial score (nSPS) is 25.8. The van der Waals surface area contributed by atoms with Gasteiger partial charge < -0.3 is 26.6 Å². The van der Waals surface area contributed by atoms with E-state index in [-0.39, 0.29) is 47.1 Å². The van der Waals surface area contributed by atoms with E-state index >= 15 is 0 Å². The molecular formula is C37H56N6O6. The number of primary amides is 1. The Hall–Kier alpha value is -3.83. The Morgan fingerprint density at radius 3 is 2.04 bits per heavy atom. The van der Waals surface area contributed by atoms with Gasteiger partial charge in [0, 0.05) is 12.7 Å². The number of carbonyl (C=O) groups is 6. The second-order valence-corrected chi connectivity index (χ2v) is 14.9. The lowest BCUT2D eigenvalue weighted by Crippen LogP contribution is -2.62. The smallest absolute Gasteiger partial charge is 0.287 e. The Bertz CT molecular complexity index is 1340. The maximum Gasteiger partial charge on any atom is 0.287 e. The van der Waals surface area contributed by atoms with Crippen LogP contribution in [-0.4, -0.2) is 76.6 Å². The molecule has 0 radical (unpaired) electrons. The molecule has 3 saturated carbocycles.